The third kappa shape index (κ3) is 28.7. The Morgan fingerprint density at radius 3 is 1.31 bits per heavy atom. The molecule has 0 aromatic rings. The highest BCUT2D eigenvalue weighted by Gasteiger charge is 2.44. The van der Waals surface area contributed by atoms with E-state index in [4.69, 9.17) is 17.1 Å². The summed E-state index contributed by atoms with van der Waals surface area (Å²) in [6.07, 6.45) is 2.07. The molecule has 0 aromatic carbocycles. The molecule has 0 rings (SSSR count). The molecule has 0 aliphatic heterocycles. The summed E-state index contributed by atoms with van der Waals surface area (Å²) < 4.78 is 25.2. The van der Waals surface area contributed by atoms with E-state index in [-0.39, 0.29) is 44.6 Å². The first-order valence-corrected chi connectivity index (χ1v) is 21.0. The van der Waals surface area contributed by atoms with E-state index in [0.29, 0.717) is 0 Å². The van der Waals surface area contributed by atoms with E-state index >= 15 is 0 Å². The lowest BCUT2D eigenvalue weighted by molar-refractivity contribution is 0.133. The van der Waals surface area contributed by atoms with Crippen LogP contribution in [0.25, 0.3) is 0 Å². The Bertz CT molecular complexity index is 343. The highest BCUT2D eigenvalue weighted by molar-refractivity contribution is 6.89. The second kappa shape index (κ2) is 19.4. The molecule has 0 amide bonds. The van der Waals surface area contributed by atoms with E-state index in [2.05, 4.69) is 65.8 Å². The molecular formula is C21H64O4Si4. The molecule has 0 saturated heterocycles. The van der Waals surface area contributed by atoms with Crippen LogP contribution in [0, 0.1) is 0 Å². The van der Waals surface area contributed by atoms with Crippen molar-refractivity contribution in [3.8, 4) is 0 Å². The fourth-order valence-electron chi connectivity index (χ4n) is 2.79. The first kappa shape index (κ1) is 47.5. The highest BCUT2D eigenvalue weighted by atomic mass is 28.5. The summed E-state index contributed by atoms with van der Waals surface area (Å²) in [4.78, 5) is 0. The predicted octanol–water partition coefficient (Wildman–Crippen LogP) is 9.11. The first-order chi connectivity index (χ1) is 10.2. The third-order valence-corrected chi connectivity index (χ3v) is 16.4. The Morgan fingerprint density at radius 1 is 0.552 bits per heavy atom. The van der Waals surface area contributed by atoms with Crippen molar-refractivity contribution >= 4 is 33.8 Å². The smallest absolute Gasteiger partial charge is 0.315 e. The van der Waals surface area contributed by atoms with Crippen molar-refractivity contribution in [3.05, 3.63) is 0 Å². The first-order valence-electron chi connectivity index (χ1n) is 8.86. The van der Waals surface area contributed by atoms with Gasteiger partial charge in [-0.1, -0.05) is 51.5 Å². The molecule has 0 saturated carbocycles. The molecule has 8 heteroatoms. The van der Waals surface area contributed by atoms with E-state index in [1.165, 1.54) is 0 Å². The van der Waals surface area contributed by atoms with E-state index in [9.17, 15) is 0 Å². The van der Waals surface area contributed by atoms with Gasteiger partial charge in [-0.3, -0.25) is 0 Å². The molecule has 4 nitrogen and oxygen atoms in total. The largest absolute Gasteiger partial charge is 0.437 e. The molecule has 0 fully saturated rings. The van der Waals surface area contributed by atoms with Crippen LogP contribution in [0.1, 0.15) is 64.3 Å². The quantitative estimate of drug-likeness (QED) is 0.201. The fourth-order valence-corrected chi connectivity index (χ4v) is 20.7. The van der Waals surface area contributed by atoms with Gasteiger partial charge in [-0.2, -0.15) is 0 Å². The summed E-state index contributed by atoms with van der Waals surface area (Å²) in [5, 5.41) is 0. The summed E-state index contributed by atoms with van der Waals surface area (Å²) >= 11 is 0. The molecule has 188 valence electrons. The van der Waals surface area contributed by atoms with Crippen LogP contribution in [0.3, 0.4) is 0 Å². The normalized spacial score (nSPS) is 13.0. The zero-order chi connectivity index (χ0) is 18.4. The van der Waals surface area contributed by atoms with Gasteiger partial charge in [0.15, 0.2) is 16.6 Å². The van der Waals surface area contributed by atoms with Crippen LogP contribution in [-0.2, 0) is 17.1 Å². The highest BCUT2D eigenvalue weighted by Crippen LogP contribution is 2.27. The van der Waals surface area contributed by atoms with Gasteiger partial charge in [0.2, 0.25) is 0 Å². The molecule has 0 spiro atoms. The lowest BCUT2D eigenvalue weighted by Crippen LogP contribution is -2.56. The fraction of sp³-hybridized carbons (Fsp3) is 1.00. The lowest BCUT2D eigenvalue weighted by atomic mass is 10.5. The van der Waals surface area contributed by atoms with Crippen LogP contribution in [0.15, 0.2) is 0 Å². The Morgan fingerprint density at radius 2 is 0.966 bits per heavy atom. The molecule has 29 heavy (non-hydrogen) atoms. The van der Waals surface area contributed by atoms with Crippen molar-refractivity contribution in [1.82, 2.24) is 0 Å². The molecule has 0 heterocycles. The standard InChI is InChI=1S/C15H40O4Si4.6CH4/c1-11-13-16-14-12-15-23(10,18-21(5,6)7)19-22(8,9)17-20(2,3)4;;;;;;/h11-15H2,1-10H3;6*1H4. The second-order valence-corrected chi connectivity index (χ2v) is 25.2. The predicted molar refractivity (Wildman–Crippen MR) is 150 cm³/mol. The Hall–Kier alpha value is 0.708. The van der Waals surface area contributed by atoms with Crippen molar-refractivity contribution < 1.29 is 17.1 Å². The van der Waals surface area contributed by atoms with Gasteiger partial charge in [-0.15, -0.1) is 0 Å². The van der Waals surface area contributed by atoms with Gasteiger partial charge < -0.3 is 17.1 Å². The van der Waals surface area contributed by atoms with Crippen molar-refractivity contribution in [2.24, 2.45) is 0 Å². The molecule has 0 radical (unpaired) electrons. The minimum absolute atomic E-state index is 0. The summed E-state index contributed by atoms with van der Waals surface area (Å²) in [7, 11) is -7.67. The maximum absolute atomic E-state index is 6.63. The summed E-state index contributed by atoms with van der Waals surface area (Å²) in [6, 6.07) is 0.979. The number of ether oxygens (including phenoxy) is 1. The van der Waals surface area contributed by atoms with Gasteiger partial charge in [0.1, 0.15) is 0 Å². The van der Waals surface area contributed by atoms with Crippen molar-refractivity contribution in [2.45, 2.75) is 129 Å². The van der Waals surface area contributed by atoms with Crippen molar-refractivity contribution in [1.29, 1.82) is 0 Å². The Kier molecular flexibility index (Phi) is 31.8. The number of hydrogen-bond donors (Lipinski definition) is 0. The molecule has 1 unspecified atom stereocenters. The van der Waals surface area contributed by atoms with Crippen LogP contribution in [0.4, 0.5) is 0 Å². The molecule has 0 aliphatic rings. The van der Waals surface area contributed by atoms with E-state index < -0.39 is 33.8 Å². The Labute approximate surface area is 193 Å². The van der Waals surface area contributed by atoms with Gasteiger partial charge >= 0.3 is 17.1 Å². The average Bonchev–Trinajstić information content (AvgIpc) is 2.20. The maximum atomic E-state index is 6.63. The van der Waals surface area contributed by atoms with Crippen molar-refractivity contribution in [2.75, 3.05) is 13.2 Å². The second-order valence-electron chi connectivity index (χ2n) is 8.78. The minimum atomic E-state index is -2.24. The van der Waals surface area contributed by atoms with E-state index in [0.717, 1.165) is 32.1 Å². The summed E-state index contributed by atoms with van der Waals surface area (Å²) in [6.45, 7) is 23.7. The topological polar surface area (TPSA) is 36.9 Å². The van der Waals surface area contributed by atoms with Gasteiger partial charge in [0.25, 0.3) is 0 Å². The molecular weight excluding hydrogens is 429 g/mol. The van der Waals surface area contributed by atoms with Gasteiger partial charge in [0.05, 0.1) is 0 Å². The monoisotopic (exact) mass is 492 g/mol. The van der Waals surface area contributed by atoms with Crippen LogP contribution in [0.5, 0.6) is 0 Å². The van der Waals surface area contributed by atoms with Crippen LogP contribution in [-0.4, -0.2) is 47.0 Å². The number of rotatable bonds is 12. The zero-order valence-electron chi connectivity index (χ0n) is 17.2. The SMILES string of the molecule is C.C.C.C.C.C.CCCOCCC[Si](C)(O[Si](C)(C)C)O[Si](C)(C)O[Si](C)(C)C. The third-order valence-electron chi connectivity index (χ3n) is 2.80. The number of hydrogen-bond acceptors (Lipinski definition) is 4. The molecule has 0 aromatic heterocycles. The minimum Gasteiger partial charge on any atom is -0.437 e. The zero-order valence-corrected chi connectivity index (χ0v) is 21.2. The average molecular weight is 493 g/mol. The van der Waals surface area contributed by atoms with Crippen LogP contribution >= 0.6 is 0 Å². The van der Waals surface area contributed by atoms with E-state index in [1.54, 1.807) is 0 Å². The molecule has 0 N–H and O–H groups in total. The van der Waals surface area contributed by atoms with Crippen LogP contribution in [0.2, 0.25) is 65.0 Å². The molecule has 0 aliphatic carbocycles. The Balaban J connectivity index is -0.000000161. The summed E-state index contributed by atoms with van der Waals surface area (Å²) in [5.74, 6) is 0. The lowest BCUT2D eigenvalue weighted by Gasteiger charge is -2.41. The van der Waals surface area contributed by atoms with Crippen molar-refractivity contribution in [3.63, 3.8) is 0 Å². The van der Waals surface area contributed by atoms with Gasteiger partial charge in [-0.05, 0) is 77.8 Å². The van der Waals surface area contributed by atoms with Crippen LogP contribution < -0.4 is 0 Å². The van der Waals surface area contributed by atoms with Gasteiger partial charge in [0, 0.05) is 13.2 Å². The molecule has 1 atom stereocenters. The maximum Gasteiger partial charge on any atom is 0.315 e. The van der Waals surface area contributed by atoms with Gasteiger partial charge in [-0.25, -0.2) is 0 Å². The summed E-state index contributed by atoms with van der Waals surface area (Å²) in [5.41, 5.74) is 0. The van der Waals surface area contributed by atoms with E-state index in [1.807, 2.05) is 0 Å². The molecule has 0 bridgehead atoms.